The van der Waals surface area contributed by atoms with E-state index >= 15 is 0 Å². The molecule has 188 valence electrons. The van der Waals surface area contributed by atoms with Crippen molar-refractivity contribution in [2.75, 3.05) is 7.11 Å². The second-order valence-corrected chi connectivity index (χ2v) is 9.80. The van der Waals surface area contributed by atoms with E-state index in [2.05, 4.69) is 34.3 Å². The fourth-order valence-corrected chi connectivity index (χ4v) is 5.40. The van der Waals surface area contributed by atoms with E-state index in [1.165, 1.54) is 38.5 Å². The summed E-state index contributed by atoms with van der Waals surface area (Å²) >= 11 is 0. The van der Waals surface area contributed by atoms with Crippen LogP contribution in [-0.4, -0.2) is 41.7 Å². The van der Waals surface area contributed by atoms with Crippen LogP contribution in [-0.2, 0) is 11.3 Å². The summed E-state index contributed by atoms with van der Waals surface area (Å²) in [6.45, 7) is 4.86. The Morgan fingerprint density at radius 3 is 2.59 bits per heavy atom. The Morgan fingerprint density at radius 1 is 1.15 bits per heavy atom. The van der Waals surface area contributed by atoms with E-state index in [1.807, 2.05) is 31.2 Å². The van der Waals surface area contributed by atoms with Crippen molar-refractivity contribution < 1.29 is 19.2 Å². The number of carbonyl (C=O) groups excluding carboxylic acids is 1. The fourth-order valence-electron chi connectivity index (χ4n) is 5.40. The highest BCUT2D eigenvalue weighted by Gasteiger charge is 2.46. The summed E-state index contributed by atoms with van der Waals surface area (Å²) in [7, 11) is 1.67. The van der Waals surface area contributed by atoms with Crippen molar-refractivity contribution in [3.63, 3.8) is 0 Å². The van der Waals surface area contributed by atoms with Gasteiger partial charge in [-0.3, -0.25) is 15.2 Å². The summed E-state index contributed by atoms with van der Waals surface area (Å²) in [5, 5.41) is 18.9. The average Bonchev–Trinajstić information content (AvgIpc) is 3.25. The largest absolute Gasteiger partial charge is 0.550 e. The number of carboxylic acid groups (broad SMARTS) is 1. The number of methoxy groups -OCH3 is 1. The highest BCUT2D eigenvalue weighted by Crippen LogP contribution is 2.31. The summed E-state index contributed by atoms with van der Waals surface area (Å²) in [4.78, 5) is 12.0. The van der Waals surface area contributed by atoms with Gasteiger partial charge in [-0.25, -0.2) is 0 Å². The summed E-state index contributed by atoms with van der Waals surface area (Å²) in [6.07, 6.45) is 16.5. The Hall–Kier alpha value is -2.50. The topological polar surface area (TPSA) is 76.4 Å². The molecule has 2 N–H and O–H groups in total. The van der Waals surface area contributed by atoms with Crippen LogP contribution in [0.25, 0.3) is 0 Å². The number of nitrogens with zero attached hydrogens (tertiary/aromatic N) is 1. The molecule has 1 fully saturated rings. The first-order valence-corrected chi connectivity index (χ1v) is 13.2. The quantitative estimate of drug-likeness (QED) is 0.261. The smallest absolute Gasteiger partial charge is 0.346 e. The van der Waals surface area contributed by atoms with Crippen molar-refractivity contribution >= 4 is 11.9 Å². The highest BCUT2D eigenvalue weighted by molar-refractivity contribution is 5.79. The maximum atomic E-state index is 12.0. The molecule has 6 heteroatoms. The van der Waals surface area contributed by atoms with Gasteiger partial charge in [0, 0.05) is 0 Å². The van der Waals surface area contributed by atoms with Crippen LogP contribution in [0.5, 0.6) is 5.75 Å². The maximum absolute atomic E-state index is 12.0. The second kappa shape index (κ2) is 13.4. The molecule has 0 aliphatic carbocycles. The molecule has 3 rings (SSSR count). The van der Waals surface area contributed by atoms with E-state index in [4.69, 9.17) is 4.74 Å². The van der Waals surface area contributed by atoms with Crippen LogP contribution in [0.2, 0.25) is 0 Å². The number of allylic oxidation sites excluding steroid dienone is 1. The van der Waals surface area contributed by atoms with Crippen LogP contribution >= 0.6 is 0 Å². The lowest BCUT2D eigenvalue weighted by Gasteiger charge is -2.36. The number of nitrogens with one attached hydrogen (secondary N) is 2. The van der Waals surface area contributed by atoms with E-state index in [-0.39, 0.29) is 12.1 Å². The second-order valence-electron chi connectivity index (χ2n) is 9.80. The number of carbonyl (C=O) groups is 1. The maximum Gasteiger partial charge on any atom is 0.346 e. The molecule has 34 heavy (non-hydrogen) atoms. The number of fused-ring (bicyclic) bond motifs is 1. The van der Waals surface area contributed by atoms with Crippen molar-refractivity contribution in [3.05, 3.63) is 42.0 Å². The molecule has 1 saturated heterocycles. The van der Waals surface area contributed by atoms with Crippen LogP contribution in [0.1, 0.15) is 83.6 Å². The molecule has 6 nitrogen and oxygen atoms in total. The van der Waals surface area contributed by atoms with Crippen molar-refractivity contribution in [2.24, 2.45) is 5.92 Å². The van der Waals surface area contributed by atoms with Crippen molar-refractivity contribution in [3.8, 4) is 5.75 Å². The third-order valence-corrected chi connectivity index (χ3v) is 7.31. The minimum Gasteiger partial charge on any atom is -0.550 e. The van der Waals surface area contributed by atoms with Crippen LogP contribution < -0.4 is 20.5 Å². The summed E-state index contributed by atoms with van der Waals surface area (Å²) < 4.78 is 7.54. The SMILES string of the molecule is CCCCCCCC/C=C\C[C@@H]1CC[C@H]2[C@@H](C(=O)[O-])[C@@H](C)NC(NCc3ccc(OC)cc3)=[N+]12. The van der Waals surface area contributed by atoms with Crippen molar-refractivity contribution in [1.82, 2.24) is 10.6 Å². The molecule has 0 radical (unpaired) electrons. The molecule has 0 saturated carbocycles. The Bertz CT molecular complexity index is 834. The van der Waals surface area contributed by atoms with E-state index in [0.29, 0.717) is 12.6 Å². The fraction of sp³-hybridized carbons (Fsp3) is 0.643. The van der Waals surface area contributed by atoms with Crippen molar-refractivity contribution in [2.45, 2.75) is 103 Å². The number of hydrogen-bond donors (Lipinski definition) is 2. The summed E-state index contributed by atoms with van der Waals surface area (Å²) in [6, 6.07) is 8.11. The van der Waals surface area contributed by atoms with Crippen LogP contribution in [0.3, 0.4) is 0 Å². The first-order chi connectivity index (χ1) is 16.5. The monoisotopic (exact) mass is 469 g/mol. The predicted octanol–water partition coefficient (Wildman–Crippen LogP) is 3.74. The zero-order chi connectivity index (χ0) is 24.3. The first-order valence-electron chi connectivity index (χ1n) is 13.2. The number of carboxylic acids is 1. The van der Waals surface area contributed by atoms with Crippen LogP contribution in [0.4, 0.5) is 0 Å². The molecular weight excluding hydrogens is 426 g/mol. The van der Waals surface area contributed by atoms with E-state index in [0.717, 1.165) is 43.0 Å². The van der Waals surface area contributed by atoms with Crippen LogP contribution in [0, 0.1) is 5.92 Å². The lowest BCUT2D eigenvalue weighted by Crippen LogP contribution is -2.63. The molecule has 0 bridgehead atoms. The van der Waals surface area contributed by atoms with Gasteiger partial charge < -0.3 is 14.6 Å². The number of unbranched alkanes of at least 4 members (excludes halogenated alkanes) is 6. The third-order valence-electron chi connectivity index (χ3n) is 7.31. The average molecular weight is 470 g/mol. The highest BCUT2D eigenvalue weighted by atomic mass is 16.5. The normalized spacial score (nSPS) is 24.2. The lowest BCUT2D eigenvalue weighted by atomic mass is 9.90. The predicted molar refractivity (Wildman–Crippen MR) is 135 cm³/mol. The zero-order valence-electron chi connectivity index (χ0n) is 21.2. The Kier molecular flexibility index (Phi) is 10.3. The van der Waals surface area contributed by atoms with Crippen LogP contribution in [0.15, 0.2) is 36.4 Å². The van der Waals surface area contributed by atoms with E-state index < -0.39 is 11.9 Å². The number of ether oxygens (including phenoxy) is 1. The number of guanidine groups is 1. The van der Waals surface area contributed by atoms with Gasteiger partial charge in [0.25, 0.3) is 0 Å². The van der Waals surface area contributed by atoms with Gasteiger partial charge in [-0.1, -0.05) is 63.3 Å². The molecule has 1 aromatic rings. The molecule has 0 unspecified atom stereocenters. The van der Waals surface area contributed by atoms with Crippen molar-refractivity contribution in [1.29, 1.82) is 0 Å². The van der Waals surface area contributed by atoms with Gasteiger partial charge in [0.2, 0.25) is 0 Å². The molecular formula is C28H43N3O3. The minimum absolute atomic E-state index is 0.0309. The Balaban J connectivity index is 1.63. The van der Waals surface area contributed by atoms with Gasteiger partial charge in [-0.05, 0) is 56.7 Å². The van der Waals surface area contributed by atoms with Gasteiger partial charge in [0.1, 0.15) is 5.75 Å². The molecule has 0 aromatic heterocycles. The summed E-state index contributed by atoms with van der Waals surface area (Å²) in [5.41, 5.74) is 1.15. The number of aliphatic carboxylic acids is 1. The van der Waals surface area contributed by atoms with Gasteiger partial charge in [0.05, 0.1) is 43.7 Å². The number of hydrogen-bond acceptors (Lipinski definition) is 5. The Labute approximate surface area is 205 Å². The summed E-state index contributed by atoms with van der Waals surface area (Å²) in [5.74, 6) is 0.315. The van der Waals surface area contributed by atoms with Gasteiger partial charge >= 0.3 is 5.96 Å². The molecule has 2 aliphatic rings. The standard InChI is InChI=1S/C28H43N3O3/c1-4-5-6-7-8-9-10-11-12-13-23-16-19-25-26(27(32)33)21(2)30-28(31(23)25)29-20-22-14-17-24(34-3)18-15-22/h11-12,14-15,17-18,21,23,25-26H,4-10,13,16,19-20H2,1-3H3,(H2,29,30,32,33)/b12-11-/t21-,23-,25+,26+/m1/s1. The van der Waals surface area contributed by atoms with Gasteiger partial charge in [-0.15, -0.1) is 0 Å². The number of rotatable bonds is 13. The zero-order valence-corrected chi connectivity index (χ0v) is 21.2. The lowest BCUT2D eigenvalue weighted by molar-refractivity contribution is -0.594. The van der Waals surface area contributed by atoms with E-state index in [1.54, 1.807) is 7.11 Å². The molecule has 1 aromatic carbocycles. The van der Waals surface area contributed by atoms with Gasteiger partial charge in [0.15, 0.2) is 0 Å². The molecule has 2 heterocycles. The van der Waals surface area contributed by atoms with E-state index in [9.17, 15) is 9.90 Å². The minimum atomic E-state index is -0.955. The molecule has 0 amide bonds. The third kappa shape index (κ3) is 7.00. The molecule has 2 aliphatic heterocycles. The number of benzene rings is 1. The molecule has 0 spiro atoms. The Morgan fingerprint density at radius 2 is 1.88 bits per heavy atom. The first kappa shape index (κ1) is 26.1. The molecule has 4 atom stereocenters. The van der Waals surface area contributed by atoms with Gasteiger partial charge in [-0.2, -0.15) is 0 Å².